The molecule has 0 saturated carbocycles. The zero-order valence-corrected chi connectivity index (χ0v) is 10.3. The van der Waals surface area contributed by atoms with Crippen LogP contribution in [0.15, 0.2) is 28.3 Å². The molecule has 0 unspecified atom stereocenters. The highest BCUT2D eigenvalue weighted by Gasteiger charge is 2.27. The number of oxime groups is 1. The van der Waals surface area contributed by atoms with Gasteiger partial charge in [0.05, 0.1) is 0 Å². The van der Waals surface area contributed by atoms with Crippen molar-refractivity contribution in [3.05, 3.63) is 29.3 Å². The molecule has 0 amide bonds. The average molecular weight is 249 g/mol. The second-order valence-corrected chi connectivity index (χ2v) is 4.53. The van der Waals surface area contributed by atoms with Crippen molar-refractivity contribution < 1.29 is 14.4 Å². The van der Waals surface area contributed by atoms with E-state index in [-0.39, 0.29) is 11.5 Å². The molecule has 4 nitrogen and oxygen atoms in total. The van der Waals surface area contributed by atoms with Crippen molar-refractivity contribution in [1.29, 1.82) is 0 Å². The van der Waals surface area contributed by atoms with Crippen molar-refractivity contribution in [3.63, 3.8) is 0 Å². The predicted octanol–water partition coefficient (Wildman–Crippen LogP) is 2.07. The molecule has 88 valence electrons. The van der Waals surface area contributed by atoms with Crippen LogP contribution in [0.3, 0.4) is 0 Å². The standard InChI is InChI=1S/C12H11NO3S/c1-7(14)16-13-11-6-8-5-9(17-2)3-4-10(8)12(11)15/h3-5H,6H2,1-2H3/b13-11+. The second kappa shape index (κ2) is 4.71. The lowest BCUT2D eigenvalue weighted by Gasteiger charge is -1.99. The highest BCUT2D eigenvalue weighted by molar-refractivity contribution is 7.98. The number of carbonyl (C=O) groups excluding carboxylic acids is 2. The minimum absolute atomic E-state index is 0.158. The third-order valence-corrected chi connectivity index (χ3v) is 3.19. The number of carbonyl (C=O) groups is 2. The third kappa shape index (κ3) is 2.39. The summed E-state index contributed by atoms with van der Waals surface area (Å²) < 4.78 is 0. The van der Waals surface area contributed by atoms with E-state index in [2.05, 4.69) is 9.99 Å². The summed E-state index contributed by atoms with van der Waals surface area (Å²) in [6.07, 6.45) is 2.40. The van der Waals surface area contributed by atoms with Gasteiger partial charge in [0.25, 0.3) is 0 Å². The van der Waals surface area contributed by atoms with E-state index in [0.717, 1.165) is 10.5 Å². The Morgan fingerprint density at radius 2 is 2.24 bits per heavy atom. The first-order valence-electron chi connectivity index (χ1n) is 5.08. The predicted molar refractivity (Wildman–Crippen MR) is 65.5 cm³/mol. The van der Waals surface area contributed by atoms with Crippen molar-refractivity contribution >= 4 is 29.2 Å². The first kappa shape index (κ1) is 11.9. The van der Waals surface area contributed by atoms with E-state index in [1.165, 1.54) is 6.92 Å². The lowest BCUT2D eigenvalue weighted by Crippen LogP contribution is -2.09. The number of benzene rings is 1. The van der Waals surface area contributed by atoms with Crippen LogP contribution in [-0.4, -0.2) is 23.7 Å². The van der Waals surface area contributed by atoms with Gasteiger partial charge in [-0.2, -0.15) is 0 Å². The molecule has 0 saturated heterocycles. The molecule has 1 aromatic carbocycles. The smallest absolute Gasteiger partial charge is 0.318 e. The summed E-state index contributed by atoms with van der Waals surface area (Å²) in [5.41, 5.74) is 1.87. The monoisotopic (exact) mass is 249 g/mol. The van der Waals surface area contributed by atoms with Gasteiger partial charge in [0.2, 0.25) is 5.78 Å². The lowest BCUT2D eigenvalue weighted by molar-refractivity contribution is -0.140. The number of rotatable bonds is 2. The van der Waals surface area contributed by atoms with Gasteiger partial charge in [-0.3, -0.25) is 4.79 Å². The van der Waals surface area contributed by atoms with Crippen molar-refractivity contribution in [2.75, 3.05) is 6.26 Å². The van der Waals surface area contributed by atoms with Crippen LogP contribution < -0.4 is 0 Å². The summed E-state index contributed by atoms with van der Waals surface area (Å²) in [5.74, 6) is -0.681. The minimum Gasteiger partial charge on any atom is -0.318 e. The molecule has 0 aliphatic heterocycles. The van der Waals surface area contributed by atoms with E-state index in [0.29, 0.717) is 12.0 Å². The second-order valence-electron chi connectivity index (χ2n) is 3.65. The Bertz CT molecular complexity index is 522. The summed E-state index contributed by atoms with van der Waals surface area (Å²) in [6, 6.07) is 5.66. The van der Waals surface area contributed by atoms with E-state index >= 15 is 0 Å². The molecule has 5 heteroatoms. The van der Waals surface area contributed by atoms with Crippen LogP contribution in [0.1, 0.15) is 22.8 Å². The van der Waals surface area contributed by atoms with Crippen LogP contribution in [-0.2, 0) is 16.1 Å². The number of fused-ring (bicyclic) bond motifs is 1. The van der Waals surface area contributed by atoms with Gasteiger partial charge in [-0.25, -0.2) is 4.79 Å². The Morgan fingerprint density at radius 1 is 1.47 bits per heavy atom. The van der Waals surface area contributed by atoms with Gasteiger partial charge in [-0.1, -0.05) is 5.16 Å². The fourth-order valence-electron chi connectivity index (χ4n) is 1.67. The van der Waals surface area contributed by atoms with Crippen LogP contribution in [0.4, 0.5) is 0 Å². The molecular formula is C12H11NO3S. The highest BCUT2D eigenvalue weighted by atomic mass is 32.2. The molecule has 0 aromatic heterocycles. The highest BCUT2D eigenvalue weighted by Crippen LogP contribution is 2.25. The van der Waals surface area contributed by atoms with E-state index in [1.54, 1.807) is 17.8 Å². The molecule has 0 bridgehead atoms. The van der Waals surface area contributed by atoms with E-state index in [9.17, 15) is 9.59 Å². The van der Waals surface area contributed by atoms with Gasteiger partial charge in [0, 0.05) is 23.8 Å². The van der Waals surface area contributed by atoms with Crippen molar-refractivity contribution in [1.82, 2.24) is 0 Å². The van der Waals surface area contributed by atoms with Gasteiger partial charge < -0.3 is 4.84 Å². The van der Waals surface area contributed by atoms with Crippen molar-refractivity contribution in [2.24, 2.45) is 5.16 Å². The molecular weight excluding hydrogens is 238 g/mol. The first-order valence-corrected chi connectivity index (χ1v) is 6.30. The summed E-state index contributed by atoms with van der Waals surface area (Å²) in [4.78, 5) is 28.1. The first-order chi connectivity index (χ1) is 8.11. The molecule has 0 heterocycles. The Hall–Kier alpha value is -1.62. The molecule has 0 radical (unpaired) electrons. The molecule has 0 atom stereocenters. The topological polar surface area (TPSA) is 55.7 Å². The van der Waals surface area contributed by atoms with Gasteiger partial charge in [-0.15, -0.1) is 11.8 Å². The molecule has 0 N–H and O–H groups in total. The SMILES string of the molecule is CSc1ccc2c(c1)C/C(=N\OC(C)=O)C2=O. The summed E-state index contributed by atoms with van der Waals surface area (Å²) >= 11 is 1.62. The Morgan fingerprint density at radius 3 is 2.88 bits per heavy atom. The van der Waals surface area contributed by atoms with Crippen LogP contribution in [0.5, 0.6) is 0 Å². The normalized spacial score (nSPS) is 16.1. The fourth-order valence-corrected chi connectivity index (χ4v) is 2.14. The molecule has 2 rings (SSSR count). The van der Waals surface area contributed by atoms with Crippen LogP contribution in [0.2, 0.25) is 0 Å². The van der Waals surface area contributed by atoms with E-state index in [1.807, 2.05) is 18.4 Å². The van der Waals surface area contributed by atoms with Gasteiger partial charge in [-0.05, 0) is 30.0 Å². The maximum absolute atomic E-state index is 11.9. The Kier molecular flexibility index (Phi) is 3.28. The number of thioether (sulfide) groups is 1. The van der Waals surface area contributed by atoms with Crippen molar-refractivity contribution in [2.45, 2.75) is 18.2 Å². The maximum Gasteiger partial charge on any atom is 0.331 e. The average Bonchev–Trinajstić information content (AvgIpc) is 2.63. The largest absolute Gasteiger partial charge is 0.331 e. The number of hydrogen-bond donors (Lipinski definition) is 0. The zero-order chi connectivity index (χ0) is 12.4. The fraction of sp³-hybridized carbons (Fsp3) is 0.250. The van der Waals surface area contributed by atoms with Crippen LogP contribution in [0, 0.1) is 0 Å². The number of ketones is 1. The number of hydrogen-bond acceptors (Lipinski definition) is 5. The number of nitrogens with zero attached hydrogens (tertiary/aromatic N) is 1. The molecule has 1 aliphatic rings. The molecule has 0 fully saturated rings. The summed E-state index contributed by atoms with van der Waals surface area (Å²) in [6.45, 7) is 1.25. The number of Topliss-reactive ketones (excluding diaryl/α,β-unsaturated/α-hetero) is 1. The van der Waals surface area contributed by atoms with Crippen LogP contribution >= 0.6 is 11.8 Å². The quantitative estimate of drug-likeness (QED) is 0.457. The molecule has 0 spiro atoms. The molecule has 1 aromatic rings. The third-order valence-electron chi connectivity index (χ3n) is 2.46. The molecule has 1 aliphatic carbocycles. The van der Waals surface area contributed by atoms with E-state index < -0.39 is 5.97 Å². The lowest BCUT2D eigenvalue weighted by atomic mass is 10.1. The van der Waals surface area contributed by atoms with Gasteiger partial charge in [0.15, 0.2) is 0 Å². The summed E-state index contributed by atoms with van der Waals surface area (Å²) in [7, 11) is 0. The zero-order valence-electron chi connectivity index (χ0n) is 9.52. The van der Waals surface area contributed by atoms with Crippen molar-refractivity contribution in [3.8, 4) is 0 Å². The Balaban J connectivity index is 2.29. The maximum atomic E-state index is 11.9. The van der Waals surface area contributed by atoms with Gasteiger partial charge >= 0.3 is 5.97 Å². The van der Waals surface area contributed by atoms with E-state index in [4.69, 9.17) is 0 Å². The minimum atomic E-state index is -0.522. The Labute approximate surface area is 103 Å². The summed E-state index contributed by atoms with van der Waals surface area (Å²) in [5, 5.41) is 3.58. The van der Waals surface area contributed by atoms with Crippen LogP contribution in [0.25, 0.3) is 0 Å². The molecule has 17 heavy (non-hydrogen) atoms. The van der Waals surface area contributed by atoms with Gasteiger partial charge in [0.1, 0.15) is 5.71 Å².